The van der Waals surface area contributed by atoms with Crippen LogP contribution in [0.4, 0.5) is 0 Å². The van der Waals surface area contributed by atoms with Gasteiger partial charge in [-0.2, -0.15) is 0 Å². The molecule has 0 unspecified atom stereocenters. The molecule has 2 aromatic carbocycles. The van der Waals surface area contributed by atoms with Crippen LogP contribution in [0.1, 0.15) is 17.0 Å². The molecule has 1 heterocycles. The van der Waals surface area contributed by atoms with Crippen molar-refractivity contribution in [3.05, 3.63) is 71.5 Å². The number of benzene rings is 2. The maximum Gasteiger partial charge on any atom is 0.230 e. The van der Waals surface area contributed by atoms with Gasteiger partial charge in [0.1, 0.15) is 12.4 Å². The Labute approximate surface area is 162 Å². The fourth-order valence-electron chi connectivity index (χ4n) is 2.44. The molecular weight excluding hydrogens is 360 g/mol. The van der Waals surface area contributed by atoms with Crippen molar-refractivity contribution in [3.63, 3.8) is 0 Å². The number of H-pyrrole nitrogens is 1. The molecule has 0 saturated heterocycles. The van der Waals surface area contributed by atoms with Gasteiger partial charge in [0.25, 0.3) is 0 Å². The SMILES string of the molecule is Cc1ccccc1OCc1nc(SCC(=O)NCCc2ccccc2)n[nH]1. The van der Waals surface area contributed by atoms with E-state index in [0.717, 1.165) is 17.7 Å². The highest BCUT2D eigenvalue weighted by Crippen LogP contribution is 2.18. The standard InChI is InChI=1S/C20H22N4O2S/c1-15-7-5-6-10-17(15)26-13-18-22-20(24-23-18)27-14-19(25)21-12-11-16-8-3-2-4-9-16/h2-10H,11-14H2,1H3,(H,21,25)(H,22,23,24). The summed E-state index contributed by atoms with van der Waals surface area (Å²) in [6, 6.07) is 17.9. The summed E-state index contributed by atoms with van der Waals surface area (Å²) in [5.41, 5.74) is 2.27. The van der Waals surface area contributed by atoms with E-state index in [4.69, 9.17) is 4.74 Å². The zero-order valence-electron chi connectivity index (χ0n) is 15.1. The highest BCUT2D eigenvalue weighted by Gasteiger charge is 2.08. The predicted octanol–water partition coefficient (Wildman–Crippen LogP) is 3.14. The number of para-hydroxylation sites is 1. The van der Waals surface area contributed by atoms with Crippen LogP contribution in [0.3, 0.4) is 0 Å². The van der Waals surface area contributed by atoms with E-state index < -0.39 is 0 Å². The van der Waals surface area contributed by atoms with Gasteiger partial charge in [0, 0.05) is 6.54 Å². The first-order valence-corrected chi connectivity index (χ1v) is 9.72. The lowest BCUT2D eigenvalue weighted by molar-refractivity contribution is -0.118. The molecule has 0 aliphatic rings. The van der Waals surface area contributed by atoms with Crippen molar-refractivity contribution in [2.45, 2.75) is 25.1 Å². The Hall–Kier alpha value is -2.80. The highest BCUT2D eigenvalue weighted by atomic mass is 32.2. The monoisotopic (exact) mass is 382 g/mol. The summed E-state index contributed by atoms with van der Waals surface area (Å²) in [4.78, 5) is 16.3. The number of carbonyl (C=O) groups is 1. The van der Waals surface area contributed by atoms with Crippen molar-refractivity contribution in [1.82, 2.24) is 20.5 Å². The molecule has 6 nitrogen and oxygen atoms in total. The van der Waals surface area contributed by atoms with E-state index in [1.165, 1.54) is 17.3 Å². The molecule has 0 saturated carbocycles. The van der Waals surface area contributed by atoms with Gasteiger partial charge < -0.3 is 10.1 Å². The third-order valence-corrected chi connectivity index (χ3v) is 4.73. The number of hydrogen-bond acceptors (Lipinski definition) is 5. The number of aromatic nitrogens is 3. The van der Waals surface area contributed by atoms with E-state index in [2.05, 4.69) is 32.6 Å². The van der Waals surface area contributed by atoms with Crippen molar-refractivity contribution < 1.29 is 9.53 Å². The van der Waals surface area contributed by atoms with Crippen LogP contribution >= 0.6 is 11.8 Å². The van der Waals surface area contributed by atoms with Gasteiger partial charge in [0.15, 0.2) is 5.82 Å². The maximum atomic E-state index is 11.9. The van der Waals surface area contributed by atoms with Gasteiger partial charge >= 0.3 is 0 Å². The lowest BCUT2D eigenvalue weighted by Crippen LogP contribution is -2.27. The molecule has 27 heavy (non-hydrogen) atoms. The zero-order valence-corrected chi connectivity index (χ0v) is 16.0. The van der Waals surface area contributed by atoms with Crippen LogP contribution in [0.25, 0.3) is 0 Å². The minimum absolute atomic E-state index is 0.0292. The van der Waals surface area contributed by atoms with Crippen LogP contribution in [0.5, 0.6) is 5.75 Å². The second-order valence-corrected chi connectivity index (χ2v) is 6.94. The van der Waals surface area contributed by atoms with Crippen molar-refractivity contribution in [2.24, 2.45) is 0 Å². The predicted molar refractivity (Wildman–Crippen MR) is 106 cm³/mol. The Bertz CT molecular complexity index is 867. The van der Waals surface area contributed by atoms with E-state index >= 15 is 0 Å². The molecule has 3 rings (SSSR count). The normalized spacial score (nSPS) is 10.6. The summed E-state index contributed by atoms with van der Waals surface area (Å²) in [6.45, 7) is 2.92. The van der Waals surface area contributed by atoms with Crippen LogP contribution in [0.15, 0.2) is 59.8 Å². The molecule has 0 bridgehead atoms. The highest BCUT2D eigenvalue weighted by molar-refractivity contribution is 7.99. The third-order valence-electron chi connectivity index (χ3n) is 3.88. The van der Waals surface area contributed by atoms with Gasteiger partial charge in [0.2, 0.25) is 11.1 Å². The fourth-order valence-corrected chi connectivity index (χ4v) is 3.09. The lowest BCUT2D eigenvalue weighted by atomic mass is 10.1. The van der Waals surface area contributed by atoms with Crippen molar-refractivity contribution in [2.75, 3.05) is 12.3 Å². The Morgan fingerprint density at radius 2 is 1.93 bits per heavy atom. The molecule has 140 valence electrons. The Kier molecular flexibility index (Phi) is 6.87. The molecule has 2 N–H and O–H groups in total. The van der Waals surface area contributed by atoms with E-state index in [9.17, 15) is 4.79 Å². The van der Waals surface area contributed by atoms with Gasteiger partial charge in [-0.15, -0.1) is 5.10 Å². The summed E-state index contributed by atoms with van der Waals surface area (Å²) < 4.78 is 5.73. The minimum Gasteiger partial charge on any atom is -0.485 e. The van der Waals surface area contributed by atoms with Crippen molar-refractivity contribution >= 4 is 17.7 Å². The summed E-state index contributed by atoms with van der Waals surface area (Å²) >= 11 is 1.30. The number of rotatable bonds is 9. The van der Waals surface area contributed by atoms with Gasteiger partial charge in [0.05, 0.1) is 5.75 Å². The number of ether oxygens (including phenoxy) is 1. The Morgan fingerprint density at radius 1 is 1.15 bits per heavy atom. The average molecular weight is 382 g/mol. The number of carbonyl (C=O) groups excluding carboxylic acids is 1. The van der Waals surface area contributed by atoms with Crippen LogP contribution in [0.2, 0.25) is 0 Å². The lowest BCUT2D eigenvalue weighted by Gasteiger charge is -2.06. The zero-order chi connectivity index (χ0) is 18.9. The molecule has 0 aliphatic carbocycles. The largest absolute Gasteiger partial charge is 0.485 e. The number of amides is 1. The summed E-state index contributed by atoms with van der Waals surface area (Å²) in [5.74, 6) is 1.70. The second kappa shape index (κ2) is 9.78. The van der Waals surface area contributed by atoms with E-state index in [1.807, 2.05) is 49.4 Å². The molecule has 0 radical (unpaired) electrons. The first kappa shape index (κ1) is 19.0. The topological polar surface area (TPSA) is 79.9 Å². The average Bonchev–Trinajstić information content (AvgIpc) is 3.14. The Balaban J connectivity index is 1.37. The molecule has 0 atom stereocenters. The summed E-state index contributed by atoms with van der Waals surface area (Å²) in [6.07, 6.45) is 0.818. The van der Waals surface area contributed by atoms with Crippen LogP contribution in [-0.2, 0) is 17.8 Å². The molecule has 0 aliphatic heterocycles. The quantitative estimate of drug-likeness (QED) is 0.556. The first-order valence-electron chi connectivity index (χ1n) is 8.74. The molecule has 0 spiro atoms. The third kappa shape index (κ3) is 6.14. The van der Waals surface area contributed by atoms with Crippen LogP contribution in [0, 0.1) is 6.92 Å². The van der Waals surface area contributed by atoms with E-state index in [1.54, 1.807) is 0 Å². The number of nitrogens with one attached hydrogen (secondary N) is 2. The summed E-state index contributed by atoms with van der Waals surface area (Å²) in [5, 5.41) is 10.4. The first-order chi connectivity index (χ1) is 13.2. The van der Waals surface area contributed by atoms with E-state index in [-0.39, 0.29) is 11.7 Å². The molecule has 7 heteroatoms. The van der Waals surface area contributed by atoms with Gasteiger partial charge in [-0.05, 0) is 30.5 Å². The van der Waals surface area contributed by atoms with Crippen LogP contribution in [-0.4, -0.2) is 33.4 Å². The fraction of sp³-hybridized carbons (Fsp3) is 0.250. The second-order valence-electron chi connectivity index (χ2n) is 5.99. The van der Waals surface area contributed by atoms with Gasteiger partial charge in [-0.3, -0.25) is 9.89 Å². The molecule has 1 aromatic heterocycles. The number of nitrogens with zero attached hydrogens (tertiary/aromatic N) is 2. The smallest absolute Gasteiger partial charge is 0.230 e. The minimum atomic E-state index is -0.0292. The number of aryl methyl sites for hydroxylation is 1. The molecule has 1 amide bonds. The molecule has 0 fully saturated rings. The van der Waals surface area contributed by atoms with Gasteiger partial charge in [-0.1, -0.05) is 60.3 Å². The molecular formula is C20H22N4O2S. The number of aromatic amines is 1. The number of thioether (sulfide) groups is 1. The number of hydrogen-bond donors (Lipinski definition) is 2. The van der Waals surface area contributed by atoms with Crippen molar-refractivity contribution in [1.29, 1.82) is 0 Å². The maximum absolute atomic E-state index is 11.9. The van der Waals surface area contributed by atoms with Gasteiger partial charge in [-0.25, -0.2) is 4.98 Å². The van der Waals surface area contributed by atoms with Crippen LogP contribution < -0.4 is 10.1 Å². The van der Waals surface area contributed by atoms with E-state index in [0.29, 0.717) is 24.1 Å². The summed E-state index contributed by atoms with van der Waals surface area (Å²) in [7, 11) is 0. The van der Waals surface area contributed by atoms with Crippen molar-refractivity contribution in [3.8, 4) is 5.75 Å². The molecule has 3 aromatic rings. The Morgan fingerprint density at radius 3 is 2.74 bits per heavy atom.